The molecule has 1 amide bonds. The van der Waals surface area contributed by atoms with Gasteiger partial charge in [-0.05, 0) is 48.7 Å². The van der Waals surface area contributed by atoms with Crippen molar-refractivity contribution >= 4 is 17.3 Å². The molecule has 0 saturated heterocycles. The van der Waals surface area contributed by atoms with E-state index in [2.05, 4.69) is 11.4 Å². The average Bonchev–Trinajstić information content (AvgIpc) is 2.55. The summed E-state index contributed by atoms with van der Waals surface area (Å²) in [4.78, 5) is 14.2. The molecule has 3 rings (SSSR count). The Labute approximate surface area is 138 Å². The van der Waals surface area contributed by atoms with E-state index in [1.165, 1.54) is 17.7 Å². The van der Waals surface area contributed by atoms with Crippen LogP contribution in [0.5, 0.6) is 0 Å². The summed E-state index contributed by atoms with van der Waals surface area (Å²) in [5.41, 5.74) is 1.89. The minimum Gasteiger partial charge on any atom is -0.362 e. The third-order valence-corrected chi connectivity index (χ3v) is 4.04. The number of para-hydroxylation sites is 1. The van der Waals surface area contributed by atoms with Gasteiger partial charge in [-0.1, -0.05) is 18.2 Å². The number of rotatable bonds is 3. The zero-order valence-electron chi connectivity index (χ0n) is 12.9. The fourth-order valence-electron chi connectivity index (χ4n) is 2.89. The maximum atomic E-state index is 12.5. The molecule has 0 atom stereocenters. The highest BCUT2D eigenvalue weighted by Gasteiger charge is 2.30. The van der Waals surface area contributed by atoms with Crippen molar-refractivity contribution in [2.75, 3.05) is 23.3 Å². The average molecular weight is 334 g/mol. The Bertz CT molecular complexity index is 726. The summed E-state index contributed by atoms with van der Waals surface area (Å²) < 4.78 is 37.6. The van der Waals surface area contributed by atoms with Gasteiger partial charge in [-0.25, -0.2) is 0 Å². The standard InChI is InChI=1S/C18H17F3N2O/c19-18(20,21)14-7-9-15(10-8-14)22-17(24)12-23-11-3-5-13-4-1-2-6-16(13)23/h1-2,4,6-10H,3,5,11-12H2,(H,22,24). The number of hydrogen-bond acceptors (Lipinski definition) is 2. The van der Waals surface area contributed by atoms with E-state index >= 15 is 0 Å². The lowest BCUT2D eigenvalue weighted by molar-refractivity contribution is -0.137. The van der Waals surface area contributed by atoms with Gasteiger partial charge in [-0.15, -0.1) is 0 Å². The van der Waals surface area contributed by atoms with E-state index in [1.807, 2.05) is 23.1 Å². The maximum absolute atomic E-state index is 12.5. The summed E-state index contributed by atoms with van der Waals surface area (Å²) in [5, 5.41) is 2.65. The van der Waals surface area contributed by atoms with E-state index in [1.54, 1.807) is 0 Å². The monoisotopic (exact) mass is 334 g/mol. The highest BCUT2D eigenvalue weighted by molar-refractivity contribution is 5.94. The van der Waals surface area contributed by atoms with Gasteiger partial charge in [0.25, 0.3) is 0 Å². The minimum atomic E-state index is -4.37. The summed E-state index contributed by atoms with van der Waals surface area (Å²) in [5.74, 6) is -0.244. The Kier molecular flexibility index (Phi) is 4.46. The largest absolute Gasteiger partial charge is 0.416 e. The SMILES string of the molecule is O=C(CN1CCCc2ccccc21)Nc1ccc(C(F)(F)F)cc1. The van der Waals surface area contributed by atoms with Crippen LogP contribution in [-0.2, 0) is 17.4 Å². The second kappa shape index (κ2) is 6.55. The molecule has 0 bridgehead atoms. The number of carbonyl (C=O) groups is 1. The molecule has 126 valence electrons. The van der Waals surface area contributed by atoms with Crippen LogP contribution in [-0.4, -0.2) is 19.0 Å². The molecule has 0 radical (unpaired) electrons. The summed E-state index contributed by atoms with van der Waals surface area (Å²) >= 11 is 0. The predicted molar refractivity (Wildman–Crippen MR) is 87.0 cm³/mol. The second-order valence-corrected chi connectivity index (χ2v) is 5.78. The lowest BCUT2D eigenvalue weighted by atomic mass is 10.0. The van der Waals surface area contributed by atoms with Gasteiger partial charge in [-0.3, -0.25) is 4.79 Å². The van der Waals surface area contributed by atoms with Crippen molar-refractivity contribution in [3.63, 3.8) is 0 Å². The van der Waals surface area contributed by atoms with Crippen molar-refractivity contribution in [3.8, 4) is 0 Å². The van der Waals surface area contributed by atoms with Crippen LogP contribution < -0.4 is 10.2 Å². The van der Waals surface area contributed by atoms with Crippen LogP contribution in [0.25, 0.3) is 0 Å². The molecule has 0 aromatic heterocycles. The first-order chi connectivity index (χ1) is 11.4. The van der Waals surface area contributed by atoms with Crippen LogP contribution in [0.1, 0.15) is 17.5 Å². The normalized spacial score (nSPS) is 14.2. The Morgan fingerprint density at radius 1 is 1.08 bits per heavy atom. The van der Waals surface area contributed by atoms with Crippen molar-refractivity contribution in [3.05, 3.63) is 59.7 Å². The zero-order chi connectivity index (χ0) is 17.2. The van der Waals surface area contributed by atoms with Crippen LogP contribution in [0.15, 0.2) is 48.5 Å². The number of halogens is 3. The lowest BCUT2D eigenvalue weighted by Crippen LogP contribution is -2.36. The van der Waals surface area contributed by atoms with E-state index in [-0.39, 0.29) is 12.5 Å². The van der Waals surface area contributed by atoms with Crippen LogP contribution in [0, 0.1) is 0 Å². The summed E-state index contributed by atoms with van der Waals surface area (Å²) in [6.45, 7) is 0.968. The smallest absolute Gasteiger partial charge is 0.362 e. The second-order valence-electron chi connectivity index (χ2n) is 5.78. The molecule has 0 spiro atoms. The number of amides is 1. The van der Waals surface area contributed by atoms with Crippen LogP contribution >= 0.6 is 0 Å². The summed E-state index contributed by atoms with van der Waals surface area (Å²) in [6, 6.07) is 12.4. The Balaban J connectivity index is 1.64. The molecule has 0 aliphatic carbocycles. The first kappa shape index (κ1) is 16.4. The first-order valence-corrected chi connectivity index (χ1v) is 7.73. The van der Waals surface area contributed by atoms with Gasteiger partial charge in [0.2, 0.25) is 5.91 Å². The molecule has 0 saturated carbocycles. The minimum absolute atomic E-state index is 0.179. The predicted octanol–water partition coefficient (Wildman–Crippen LogP) is 4.10. The van der Waals surface area contributed by atoms with Crippen molar-refractivity contribution in [1.82, 2.24) is 0 Å². The van der Waals surface area contributed by atoms with E-state index in [0.717, 1.165) is 37.2 Å². The Hall–Kier alpha value is -2.50. The van der Waals surface area contributed by atoms with Gasteiger partial charge in [-0.2, -0.15) is 13.2 Å². The van der Waals surface area contributed by atoms with Gasteiger partial charge < -0.3 is 10.2 Å². The molecule has 3 nitrogen and oxygen atoms in total. The van der Waals surface area contributed by atoms with Gasteiger partial charge in [0.05, 0.1) is 12.1 Å². The van der Waals surface area contributed by atoms with Crippen molar-refractivity contribution < 1.29 is 18.0 Å². The van der Waals surface area contributed by atoms with Gasteiger partial charge in [0.15, 0.2) is 0 Å². The molecule has 1 aliphatic rings. The van der Waals surface area contributed by atoms with E-state index in [9.17, 15) is 18.0 Å². The summed E-state index contributed by atoms with van der Waals surface area (Å²) in [7, 11) is 0. The van der Waals surface area contributed by atoms with E-state index in [4.69, 9.17) is 0 Å². The highest BCUT2D eigenvalue weighted by Crippen LogP contribution is 2.30. The number of anilines is 2. The third-order valence-electron chi connectivity index (χ3n) is 4.04. The number of nitrogens with one attached hydrogen (secondary N) is 1. The number of nitrogens with zero attached hydrogens (tertiary/aromatic N) is 1. The molecular formula is C18H17F3N2O. The number of fused-ring (bicyclic) bond motifs is 1. The van der Waals surface area contributed by atoms with Crippen LogP contribution in [0.4, 0.5) is 24.5 Å². The third kappa shape index (κ3) is 3.69. The maximum Gasteiger partial charge on any atom is 0.416 e. The highest BCUT2D eigenvalue weighted by atomic mass is 19.4. The van der Waals surface area contributed by atoms with Gasteiger partial charge in [0, 0.05) is 17.9 Å². The molecule has 6 heteroatoms. The number of benzene rings is 2. The number of hydrogen-bond donors (Lipinski definition) is 1. The fourth-order valence-corrected chi connectivity index (χ4v) is 2.89. The van der Waals surface area contributed by atoms with Crippen molar-refractivity contribution in [2.24, 2.45) is 0 Å². The Morgan fingerprint density at radius 2 is 1.79 bits per heavy atom. The zero-order valence-corrected chi connectivity index (χ0v) is 12.9. The number of carbonyl (C=O) groups excluding carboxylic acids is 1. The molecule has 1 aliphatic heterocycles. The molecule has 24 heavy (non-hydrogen) atoms. The number of alkyl halides is 3. The molecular weight excluding hydrogens is 317 g/mol. The summed E-state index contributed by atoms with van der Waals surface area (Å²) in [6.07, 6.45) is -2.40. The van der Waals surface area contributed by atoms with Crippen LogP contribution in [0.2, 0.25) is 0 Å². The number of aryl methyl sites for hydroxylation is 1. The lowest BCUT2D eigenvalue weighted by Gasteiger charge is -2.30. The van der Waals surface area contributed by atoms with Crippen molar-refractivity contribution in [1.29, 1.82) is 0 Å². The molecule has 1 heterocycles. The first-order valence-electron chi connectivity index (χ1n) is 7.73. The molecule has 0 fully saturated rings. The molecule has 2 aromatic carbocycles. The molecule has 1 N–H and O–H groups in total. The molecule has 0 unspecified atom stereocenters. The van der Waals surface area contributed by atoms with E-state index < -0.39 is 11.7 Å². The molecule has 2 aromatic rings. The van der Waals surface area contributed by atoms with Crippen molar-refractivity contribution in [2.45, 2.75) is 19.0 Å². The van der Waals surface area contributed by atoms with Gasteiger partial charge in [0.1, 0.15) is 0 Å². The Morgan fingerprint density at radius 3 is 2.50 bits per heavy atom. The van der Waals surface area contributed by atoms with Crippen LogP contribution in [0.3, 0.4) is 0 Å². The topological polar surface area (TPSA) is 32.3 Å². The van der Waals surface area contributed by atoms with E-state index in [0.29, 0.717) is 5.69 Å². The quantitative estimate of drug-likeness (QED) is 0.917. The fraction of sp³-hybridized carbons (Fsp3) is 0.278. The van der Waals surface area contributed by atoms with Gasteiger partial charge >= 0.3 is 6.18 Å².